The standard InChI is InChI=1S/C24H33N3OS/c1-18(16-19-12-15-29-17-19)25-22-10-13-27(14-11-22)23-8-6-20(7-9-23)24(28)26-21-4-2-3-5-21/h6-9,12,15,17-18,21-22,25H,2-5,10-11,13-14,16H2,1H3,(H,26,28)/t18-/m1/s1. The molecule has 1 aliphatic carbocycles. The van der Waals surface area contributed by atoms with Crippen LogP contribution in [0.3, 0.4) is 0 Å². The molecule has 1 aliphatic heterocycles. The van der Waals surface area contributed by atoms with Crippen molar-refractivity contribution in [2.75, 3.05) is 18.0 Å². The van der Waals surface area contributed by atoms with Crippen molar-refractivity contribution in [3.05, 3.63) is 52.2 Å². The third kappa shape index (κ3) is 5.61. The summed E-state index contributed by atoms with van der Waals surface area (Å²) in [6.07, 6.45) is 8.16. The van der Waals surface area contributed by atoms with E-state index in [-0.39, 0.29) is 5.91 Å². The second-order valence-corrected chi connectivity index (χ2v) is 9.45. The lowest BCUT2D eigenvalue weighted by Crippen LogP contribution is -2.46. The van der Waals surface area contributed by atoms with Gasteiger partial charge in [-0.25, -0.2) is 0 Å². The number of benzene rings is 1. The summed E-state index contributed by atoms with van der Waals surface area (Å²) in [5.41, 5.74) is 3.44. The van der Waals surface area contributed by atoms with Gasteiger partial charge in [-0.15, -0.1) is 0 Å². The summed E-state index contributed by atoms with van der Waals surface area (Å²) in [5, 5.41) is 11.4. The van der Waals surface area contributed by atoms with Crippen LogP contribution in [0, 0.1) is 0 Å². The van der Waals surface area contributed by atoms with E-state index in [1.54, 1.807) is 11.3 Å². The highest BCUT2D eigenvalue weighted by Crippen LogP contribution is 2.22. The molecule has 5 heteroatoms. The van der Waals surface area contributed by atoms with Crippen molar-refractivity contribution in [2.45, 2.75) is 70.0 Å². The maximum Gasteiger partial charge on any atom is 0.251 e. The maximum atomic E-state index is 12.4. The Bertz CT molecular complexity index is 760. The summed E-state index contributed by atoms with van der Waals surface area (Å²) >= 11 is 1.78. The monoisotopic (exact) mass is 411 g/mol. The molecule has 0 bridgehead atoms. The first-order valence-corrected chi connectivity index (χ1v) is 12.0. The van der Waals surface area contributed by atoms with E-state index in [0.717, 1.165) is 50.8 Å². The van der Waals surface area contributed by atoms with Gasteiger partial charge in [0.15, 0.2) is 0 Å². The van der Waals surface area contributed by atoms with Crippen molar-refractivity contribution < 1.29 is 4.79 Å². The van der Waals surface area contributed by atoms with E-state index in [4.69, 9.17) is 0 Å². The normalized spacial score (nSPS) is 19.4. The Morgan fingerprint density at radius 1 is 1.07 bits per heavy atom. The van der Waals surface area contributed by atoms with Crippen LogP contribution in [0.15, 0.2) is 41.1 Å². The highest BCUT2D eigenvalue weighted by atomic mass is 32.1. The molecule has 2 fully saturated rings. The number of hydrogen-bond donors (Lipinski definition) is 2. The molecule has 0 unspecified atom stereocenters. The molecule has 2 N–H and O–H groups in total. The van der Waals surface area contributed by atoms with Crippen LogP contribution in [0.25, 0.3) is 0 Å². The molecule has 1 amide bonds. The molecule has 29 heavy (non-hydrogen) atoms. The van der Waals surface area contributed by atoms with Gasteiger partial charge in [-0.1, -0.05) is 12.8 Å². The minimum absolute atomic E-state index is 0.0750. The molecular formula is C24H33N3OS. The van der Waals surface area contributed by atoms with E-state index in [1.165, 1.54) is 24.1 Å². The minimum Gasteiger partial charge on any atom is -0.371 e. The van der Waals surface area contributed by atoms with Gasteiger partial charge in [0.25, 0.3) is 5.91 Å². The number of hydrogen-bond acceptors (Lipinski definition) is 4. The largest absolute Gasteiger partial charge is 0.371 e. The second kappa shape index (κ2) is 9.77. The minimum atomic E-state index is 0.0750. The van der Waals surface area contributed by atoms with Gasteiger partial charge in [0.05, 0.1) is 0 Å². The number of nitrogens with one attached hydrogen (secondary N) is 2. The predicted octanol–water partition coefficient (Wildman–Crippen LogP) is 4.61. The summed E-state index contributed by atoms with van der Waals surface area (Å²) in [6, 6.07) is 11.9. The van der Waals surface area contributed by atoms with E-state index in [0.29, 0.717) is 18.1 Å². The number of amides is 1. The molecule has 1 saturated heterocycles. The zero-order chi connectivity index (χ0) is 20.1. The van der Waals surface area contributed by atoms with Gasteiger partial charge in [0.2, 0.25) is 0 Å². The molecule has 2 heterocycles. The van der Waals surface area contributed by atoms with Crippen LogP contribution in [0.5, 0.6) is 0 Å². The fourth-order valence-electron chi connectivity index (χ4n) is 4.69. The summed E-state index contributed by atoms with van der Waals surface area (Å²) in [4.78, 5) is 14.9. The Hall–Kier alpha value is -1.85. The first-order valence-electron chi connectivity index (χ1n) is 11.1. The number of carbonyl (C=O) groups excluding carboxylic acids is 1. The second-order valence-electron chi connectivity index (χ2n) is 8.67. The average molecular weight is 412 g/mol. The van der Waals surface area contributed by atoms with E-state index >= 15 is 0 Å². The smallest absolute Gasteiger partial charge is 0.251 e. The number of thiophene rings is 1. The molecule has 1 aromatic heterocycles. The highest BCUT2D eigenvalue weighted by Gasteiger charge is 2.22. The van der Waals surface area contributed by atoms with Gasteiger partial charge >= 0.3 is 0 Å². The zero-order valence-electron chi connectivity index (χ0n) is 17.4. The Balaban J connectivity index is 1.23. The number of piperidine rings is 1. The van der Waals surface area contributed by atoms with Crippen LogP contribution in [-0.2, 0) is 6.42 Å². The number of anilines is 1. The summed E-state index contributed by atoms with van der Waals surface area (Å²) in [7, 11) is 0. The lowest BCUT2D eigenvalue weighted by Gasteiger charge is -2.35. The molecule has 1 aromatic carbocycles. The van der Waals surface area contributed by atoms with Crippen LogP contribution < -0.4 is 15.5 Å². The van der Waals surface area contributed by atoms with Gasteiger partial charge in [-0.05, 0) is 85.7 Å². The van der Waals surface area contributed by atoms with Crippen molar-refractivity contribution in [1.29, 1.82) is 0 Å². The van der Waals surface area contributed by atoms with Crippen LogP contribution in [-0.4, -0.2) is 37.1 Å². The van der Waals surface area contributed by atoms with Crippen LogP contribution in [0.2, 0.25) is 0 Å². The first-order chi connectivity index (χ1) is 14.2. The zero-order valence-corrected chi connectivity index (χ0v) is 18.2. The van der Waals surface area contributed by atoms with Crippen molar-refractivity contribution >= 4 is 22.9 Å². The van der Waals surface area contributed by atoms with Gasteiger partial charge in [0, 0.05) is 42.5 Å². The topological polar surface area (TPSA) is 44.4 Å². The summed E-state index contributed by atoms with van der Waals surface area (Å²) < 4.78 is 0. The third-order valence-corrected chi connectivity index (χ3v) is 7.05. The van der Waals surface area contributed by atoms with E-state index in [2.05, 4.69) is 51.4 Å². The molecule has 2 aliphatic rings. The summed E-state index contributed by atoms with van der Waals surface area (Å²) in [5.74, 6) is 0.0750. The number of nitrogens with zero attached hydrogens (tertiary/aromatic N) is 1. The lowest BCUT2D eigenvalue weighted by atomic mass is 10.0. The lowest BCUT2D eigenvalue weighted by molar-refractivity contribution is 0.0938. The van der Waals surface area contributed by atoms with Gasteiger partial charge in [0.1, 0.15) is 0 Å². The van der Waals surface area contributed by atoms with Crippen LogP contribution in [0.4, 0.5) is 5.69 Å². The Morgan fingerprint density at radius 3 is 2.45 bits per heavy atom. The van der Waals surface area contributed by atoms with Crippen molar-refractivity contribution in [3.8, 4) is 0 Å². The molecule has 4 rings (SSSR count). The Morgan fingerprint density at radius 2 is 1.79 bits per heavy atom. The average Bonchev–Trinajstić information content (AvgIpc) is 3.43. The van der Waals surface area contributed by atoms with Gasteiger partial charge in [-0.3, -0.25) is 4.79 Å². The number of rotatable bonds is 7. The van der Waals surface area contributed by atoms with E-state index < -0.39 is 0 Å². The Labute approximate surface area is 178 Å². The van der Waals surface area contributed by atoms with Gasteiger partial charge < -0.3 is 15.5 Å². The quantitative estimate of drug-likeness (QED) is 0.699. The molecule has 0 spiro atoms. The molecule has 156 valence electrons. The van der Waals surface area contributed by atoms with Crippen molar-refractivity contribution in [1.82, 2.24) is 10.6 Å². The molecular weight excluding hydrogens is 378 g/mol. The molecule has 4 nitrogen and oxygen atoms in total. The molecule has 2 aromatic rings. The van der Waals surface area contributed by atoms with Crippen LogP contribution >= 0.6 is 11.3 Å². The van der Waals surface area contributed by atoms with E-state index in [9.17, 15) is 4.79 Å². The highest BCUT2D eigenvalue weighted by molar-refractivity contribution is 7.07. The predicted molar refractivity (Wildman–Crippen MR) is 122 cm³/mol. The van der Waals surface area contributed by atoms with Crippen LogP contribution in [0.1, 0.15) is 61.4 Å². The maximum absolute atomic E-state index is 12.4. The first kappa shape index (κ1) is 20.4. The van der Waals surface area contributed by atoms with Crippen molar-refractivity contribution in [2.24, 2.45) is 0 Å². The fraction of sp³-hybridized carbons (Fsp3) is 0.542. The summed E-state index contributed by atoms with van der Waals surface area (Å²) in [6.45, 7) is 4.42. The van der Waals surface area contributed by atoms with Gasteiger partial charge in [-0.2, -0.15) is 11.3 Å². The fourth-order valence-corrected chi connectivity index (χ4v) is 5.37. The SMILES string of the molecule is C[C@H](Cc1ccsc1)NC1CCN(c2ccc(C(=O)NC3CCCC3)cc2)CC1. The molecule has 1 saturated carbocycles. The van der Waals surface area contributed by atoms with Crippen molar-refractivity contribution in [3.63, 3.8) is 0 Å². The third-order valence-electron chi connectivity index (χ3n) is 6.32. The number of carbonyl (C=O) groups is 1. The van der Waals surface area contributed by atoms with E-state index in [1.807, 2.05) is 12.1 Å². The molecule has 0 radical (unpaired) electrons. The Kier molecular flexibility index (Phi) is 6.88. The molecule has 1 atom stereocenters.